The van der Waals surface area contributed by atoms with Crippen molar-refractivity contribution in [3.05, 3.63) is 35.8 Å². The van der Waals surface area contributed by atoms with E-state index in [9.17, 15) is 0 Å². The minimum atomic E-state index is 0.431. The Morgan fingerprint density at radius 2 is 2.20 bits per heavy atom. The monoisotopic (exact) mass is 200 g/mol. The molecule has 0 unspecified atom stereocenters. The summed E-state index contributed by atoms with van der Waals surface area (Å²) in [5.74, 6) is 0.431. The summed E-state index contributed by atoms with van der Waals surface area (Å²) in [7, 11) is 1.64. The molecule has 0 bridgehead atoms. The molecule has 0 saturated heterocycles. The van der Waals surface area contributed by atoms with Gasteiger partial charge in [-0.2, -0.15) is 0 Å². The second-order valence-electron chi connectivity index (χ2n) is 3.32. The molecule has 0 aliphatic heterocycles. The average molecular weight is 200 g/mol. The highest BCUT2D eigenvalue weighted by atomic mass is 14.9. The molecule has 0 fully saturated rings. The first-order chi connectivity index (χ1) is 7.20. The van der Waals surface area contributed by atoms with E-state index < -0.39 is 0 Å². The Morgan fingerprint density at radius 3 is 2.93 bits per heavy atom. The maximum atomic E-state index is 5.68. The maximum Gasteiger partial charge on any atom is 0.144 e. The zero-order chi connectivity index (χ0) is 10.8. The molecule has 0 aliphatic rings. The highest BCUT2D eigenvalue weighted by Crippen LogP contribution is 2.12. The van der Waals surface area contributed by atoms with Gasteiger partial charge in [0.1, 0.15) is 11.5 Å². The van der Waals surface area contributed by atoms with Crippen molar-refractivity contribution in [3.63, 3.8) is 0 Å². The van der Waals surface area contributed by atoms with Gasteiger partial charge in [-0.1, -0.05) is 0 Å². The molecular formula is C11H12N4. The van der Waals surface area contributed by atoms with E-state index in [2.05, 4.69) is 15.0 Å². The van der Waals surface area contributed by atoms with Gasteiger partial charge in [-0.15, -0.1) is 0 Å². The van der Waals surface area contributed by atoms with Crippen LogP contribution in [0, 0.1) is 6.92 Å². The van der Waals surface area contributed by atoms with E-state index in [1.165, 1.54) is 0 Å². The fourth-order valence-corrected chi connectivity index (χ4v) is 1.37. The van der Waals surface area contributed by atoms with Crippen LogP contribution in [0.25, 0.3) is 10.9 Å². The Kier molecular flexibility index (Phi) is 2.33. The first kappa shape index (κ1) is 9.58. The second kappa shape index (κ2) is 3.65. The molecule has 2 rings (SSSR count). The molecule has 15 heavy (non-hydrogen) atoms. The van der Waals surface area contributed by atoms with Gasteiger partial charge in [-0.25, -0.2) is 0 Å². The third kappa shape index (κ3) is 1.79. The lowest BCUT2D eigenvalue weighted by atomic mass is 10.2. The van der Waals surface area contributed by atoms with Crippen molar-refractivity contribution in [3.8, 4) is 0 Å². The highest BCUT2D eigenvalue weighted by Gasteiger charge is 2.02. The highest BCUT2D eigenvalue weighted by molar-refractivity contribution is 5.98. The van der Waals surface area contributed by atoms with Gasteiger partial charge in [0.15, 0.2) is 0 Å². The molecule has 0 atom stereocenters. The fraction of sp³-hybridized carbons (Fsp3) is 0.182. The summed E-state index contributed by atoms with van der Waals surface area (Å²) in [5, 5.41) is 1.01. The van der Waals surface area contributed by atoms with Crippen molar-refractivity contribution in [1.29, 1.82) is 0 Å². The quantitative estimate of drug-likeness (QED) is 0.557. The summed E-state index contributed by atoms with van der Waals surface area (Å²) in [6.07, 6.45) is 1.76. The lowest BCUT2D eigenvalue weighted by Crippen LogP contribution is -2.14. The molecule has 2 aromatic rings. The predicted octanol–water partition coefficient (Wildman–Crippen LogP) is 1.27. The first-order valence-corrected chi connectivity index (χ1v) is 4.67. The Balaban J connectivity index is 2.64. The van der Waals surface area contributed by atoms with Crippen molar-refractivity contribution in [1.82, 2.24) is 9.97 Å². The first-order valence-electron chi connectivity index (χ1n) is 4.67. The normalized spacial score (nSPS) is 12.0. The number of aliphatic imine (C=N–C) groups is 1. The molecule has 2 N–H and O–H groups in total. The fourth-order valence-electron chi connectivity index (χ4n) is 1.37. The number of aromatic nitrogens is 2. The van der Waals surface area contributed by atoms with Crippen molar-refractivity contribution in [2.24, 2.45) is 10.7 Å². The van der Waals surface area contributed by atoms with Crippen LogP contribution in [0.3, 0.4) is 0 Å². The number of hydrogen-bond acceptors (Lipinski definition) is 3. The maximum absolute atomic E-state index is 5.68. The van der Waals surface area contributed by atoms with E-state index in [1.54, 1.807) is 13.2 Å². The lowest BCUT2D eigenvalue weighted by Gasteiger charge is -2.01. The summed E-state index contributed by atoms with van der Waals surface area (Å²) in [6, 6.07) is 5.80. The molecule has 76 valence electrons. The zero-order valence-corrected chi connectivity index (χ0v) is 8.73. The van der Waals surface area contributed by atoms with Gasteiger partial charge >= 0.3 is 0 Å². The number of amidine groups is 1. The van der Waals surface area contributed by atoms with Crippen LogP contribution >= 0.6 is 0 Å². The van der Waals surface area contributed by atoms with Crippen LogP contribution in [-0.4, -0.2) is 22.9 Å². The number of pyridine rings is 2. The predicted molar refractivity (Wildman–Crippen MR) is 60.9 cm³/mol. The molecule has 4 heteroatoms. The summed E-state index contributed by atoms with van der Waals surface area (Å²) >= 11 is 0. The van der Waals surface area contributed by atoms with Gasteiger partial charge in [-0.05, 0) is 25.1 Å². The van der Waals surface area contributed by atoms with Crippen molar-refractivity contribution in [2.75, 3.05) is 7.05 Å². The molecule has 2 heterocycles. The summed E-state index contributed by atoms with van der Waals surface area (Å²) in [4.78, 5) is 12.5. The third-order valence-electron chi connectivity index (χ3n) is 2.22. The molecule has 4 nitrogen and oxygen atoms in total. The van der Waals surface area contributed by atoms with E-state index in [1.807, 2.05) is 25.1 Å². The minimum absolute atomic E-state index is 0.431. The van der Waals surface area contributed by atoms with Gasteiger partial charge in [0.25, 0.3) is 0 Å². The van der Waals surface area contributed by atoms with Gasteiger partial charge in [0.2, 0.25) is 0 Å². The zero-order valence-electron chi connectivity index (χ0n) is 8.73. The third-order valence-corrected chi connectivity index (χ3v) is 2.22. The van der Waals surface area contributed by atoms with Crippen molar-refractivity contribution < 1.29 is 0 Å². The number of nitrogens with zero attached hydrogens (tertiary/aromatic N) is 3. The number of aryl methyl sites for hydroxylation is 1. The summed E-state index contributed by atoms with van der Waals surface area (Å²) in [6.45, 7) is 1.96. The van der Waals surface area contributed by atoms with Crippen molar-refractivity contribution >= 4 is 16.7 Å². The van der Waals surface area contributed by atoms with E-state index in [0.717, 1.165) is 16.6 Å². The standard InChI is InChI=1S/C11H12N4/c1-7-3-4-8-6-14-10(11(12)13-2)5-9(8)15-7/h3-6H,1-2H3,(H2,12,13). The molecule has 0 amide bonds. The van der Waals surface area contributed by atoms with E-state index >= 15 is 0 Å². The average Bonchev–Trinajstić information content (AvgIpc) is 2.27. The van der Waals surface area contributed by atoms with E-state index in [0.29, 0.717) is 11.5 Å². The van der Waals surface area contributed by atoms with Gasteiger partial charge in [-0.3, -0.25) is 15.0 Å². The molecule has 2 aromatic heterocycles. The SMILES string of the molecule is CN=C(N)c1cc2nc(C)ccc2cn1. The van der Waals surface area contributed by atoms with Crippen LogP contribution in [0.1, 0.15) is 11.4 Å². The molecule has 0 aliphatic carbocycles. The Labute approximate surface area is 87.9 Å². The molecule has 0 spiro atoms. The summed E-state index contributed by atoms with van der Waals surface area (Å²) in [5.41, 5.74) is 8.23. The minimum Gasteiger partial charge on any atom is -0.382 e. The molecular weight excluding hydrogens is 188 g/mol. The van der Waals surface area contributed by atoms with Crippen LogP contribution < -0.4 is 5.73 Å². The number of hydrogen-bond donors (Lipinski definition) is 1. The Bertz CT molecular complexity index is 531. The van der Waals surface area contributed by atoms with Crippen LogP contribution in [0.15, 0.2) is 29.4 Å². The van der Waals surface area contributed by atoms with Gasteiger partial charge in [0.05, 0.1) is 5.52 Å². The van der Waals surface area contributed by atoms with Gasteiger partial charge in [0, 0.05) is 24.3 Å². The number of nitrogens with two attached hydrogens (primary N) is 1. The smallest absolute Gasteiger partial charge is 0.144 e. The van der Waals surface area contributed by atoms with Crippen LogP contribution in [0.5, 0.6) is 0 Å². The van der Waals surface area contributed by atoms with E-state index in [4.69, 9.17) is 5.73 Å². The molecule has 0 saturated carbocycles. The van der Waals surface area contributed by atoms with E-state index in [-0.39, 0.29) is 0 Å². The second-order valence-corrected chi connectivity index (χ2v) is 3.32. The topological polar surface area (TPSA) is 64.2 Å². The Morgan fingerprint density at radius 1 is 1.40 bits per heavy atom. The largest absolute Gasteiger partial charge is 0.382 e. The van der Waals surface area contributed by atoms with Crippen LogP contribution in [0.2, 0.25) is 0 Å². The molecule has 0 radical (unpaired) electrons. The van der Waals surface area contributed by atoms with Crippen LogP contribution in [0.4, 0.5) is 0 Å². The number of fused-ring (bicyclic) bond motifs is 1. The molecule has 0 aromatic carbocycles. The van der Waals surface area contributed by atoms with Gasteiger partial charge < -0.3 is 5.73 Å². The van der Waals surface area contributed by atoms with Crippen LogP contribution in [-0.2, 0) is 0 Å². The Hall–Kier alpha value is -1.97. The number of rotatable bonds is 1. The van der Waals surface area contributed by atoms with Crippen molar-refractivity contribution in [2.45, 2.75) is 6.92 Å². The lowest BCUT2D eigenvalue weighted by molar-refractivity contribution is 1.22. The summed E-state index contributed by atoms with van der Waals surface area (Å²) < 4.78 is 0.